The average molecular weight is 397 g/mol. The fourth-order valence-electron chi connectivity index (χ4n) is 2.58. The summed E-state index contributed by atoms with van der Waals surface area (Å²) in [7, 11) is -2.18. The lowest BCUT2D eigenvalue weighted by molar-refractivity contribution is 0.102. The number of ether oxygens (including phenoxy) is 2. The van der Waals surface area contributed by atoms with E-state index in [9.17, 15) is 13.2 Å². The van der Waals surface area contributed by atoms with Crippen molar-refractivity contribution < 1.29 is 22.7 Å². The largest absolute Gasteiger partial charge is 0.495 e. The summed E-state index contributed by atoms with van der Waals surface area (Å²) >= 11 is 0. The Morgan fingerprint density at radius 2 is 1.57 bits per heavy atom. The van der Waals surface area contributed by atoms with Crippen LogP contribution in [0.3, 0.4) is 0 Å². The minimum atomic E-state index is -3.55. The number of carbonyl (C=O) groups is 1. The number of rotatable bonds is 6. The van der Waals surface area contributed by atoms with Gasteiger partial charge in [0, 0.05) is 11.8 Å². The van der Waals surface area contributed by atoms with E-state index < -0.39 is 15.7 Å². The van der Waals surface area contributed by atoms with Gasteiger partial charge in [-0.25, -0.2) is 8.42 Å². The fraction of sp³-hybridized carbons (Fsp3) is 0.0952. The van der Waals surface area contributed by atoms with Crippen LogP contribution in [0.1, 0.15) is 10.4 Å². The van der Waals surface area contributed by atoms with Crippen molar-refractivity contribution in [3.63, 3.8) is 0 Å². The zero-order valence-corrected chi connectivity index (χ0v) is 16.2. The van der Waals surface area contributed by atoms with E-state index in [-0.39, 0.29) is 16.2 Å². The molecule has 7 heteroatoms. The second-order valence-corrected chi connectivity index (χ2v) is 7.99. The zero-order chi connectivity index (χ0) is 20.1. The van der Waals surface area contributed by atoms with Crippen molar-refractivity contribution in [1.29, 1.82) is 0 Å². The summed E-state index contributed by atoms with van der Waals surface area (Å²) in [6.07, 6.45) is 1.07. The molecule has 0 radical (unpaired) electrons. The first kappa shape index (κ1) is 19.4. The molecule has 0 atom stereocenters. The van der Waals surface area contributed by atoms with Gasteiger partial charge in [0.15, 0.2) is 15.6 Å². The first-order chi connectivity index (χ1) is 13.4. The van der Waals surface area contributed by atoms with E-state index in [1.165, 1.54) is 25.3 Å². The molecule has 0 aliphatic rings. The number of amides is 1. The van der Waals surface area contributed by atoms with Gasteiger partial charge in [-0.3, -0.25) is 4.79 Å². The van der Waals surface area contributed by atoms with Crippen LogP contribution in [0, 0.1) is 0 Å². The normalized spacial score (nSPS) is 10.9. The van der Waals surface area contributed by atoms with Gasteiger partial charge in [0.2, 0.25) is 0 Å². The maximum atomic E-state index is 12.7. The highest BCUT2D eigenvalue weighted by molar-refractivity contribution is 7.90. The molecule has 0 saturated heterocycles. The van der Waals surface area contributed by atoms with Crippen LogP contribution in [0.2, 0.25) is 0 Å². The van der Waals surface area contributed by atoms with Gasteiger partial charge in [-0.1, -0.05) is 30.3 Å². The molecule has 0 unspecified atom stereocenters. The SMILES string of the molecule is COc1ccc(C(=O)Nc2ccccc2Oc2ccccc2)cc1S(C)(=O)=O. The lowest BCUT2D eigenvalue weighted by atomic mass is 10.2. The number of benzene rings is 3. The standard InChI is InChI=1S/C21H19NO5S/c1-26-19-13-12-15(14-20(19)28(2,24)25)21(23)22-17-10-6-7-11-18(17)27-16-8-4-3-5-9-16/h3-14H,1-2H3,(H,22,23). The van der Waals surface area contributed by atoms with E-state index in [1.807, 2.05) is 18.2 Å². The minimum absolute atomic E-state index is 0.0449. The highest BCUT2D eigenvalue weighted by atomic mass is 32.2. The Kier molecular flexibility index (Phi) is 5.65. The number of anilines is 1. The van der Waals surface area contributed by atoms with E-state index in [0.717, 1.165) is 6.26 Å². The van der Waals surface area contributed by atoms with Crippen LogP contribution < -0.4 is 14.8 Å². The molecule has 0 aromatic heterocycles. The van der Waals surface area contributed by atoms with Crippen LogP contribution in [-0.2, 0) is 9.84 Å². The summed E-state index contributed by atoms with van der Waals surface area (Å²) in [6, 6.07) is 20.4. The molecule has 0 bridgehead atoms. The van der Waals surface area contributed by atoms with Crippen LogP contribution in [0.5, 0.6) is 17.2 Å². The highest BCUT2D eigenvalue weighted by Gasteiger charge is 2.18. The van der Waals surface area contributed by atoms with Crippen molar-refractivity contribution in [3.05, 3.63) is 78.4 Å². The number of hydrogen-bond donors (Lipinski definition) is 1. The molecule has 1 amide bonds. The van der Waals surface area contributed by atoms with Gasteiger partial charge in [0.1, 0.15) is 16.4 Å². The Balaban J connectivity index is 1.88. The molecular formula is C21H19NO5S. The summed E-state index contributed by atoms with van der Waals surface area (Å²) in [5.41, 5.74) is 0.656. The number of methoxy groups -OCH3 is 1. The third-order valence-electron chi connectivity index (χ3n) is 3.93. The number of sulfone groups is 1. The van der Waals surface area contributed by atoms with Crippen molar-refractivity contribution in [2.75, 3.05) is 18.7 Å². The van der Waals surface area contributed by atoms with E-state index in [0.29, 0.717) is 17.2 Å². The van der Waals surface area contributed by atoms with Crippen molar-refractivity contribution in [3.8, 4) is 17.2 Å². The summed E-state index contributed by atoms with van der Waals surface area (Å²) in [6.45, 7) is 0. The number of para-hydroxylation sites is 3. The molecule has 0 heterocycles. The molecule has 0 spiro atoms. The van der Waals surface area contributed by atoms with Gasteiger partial charge in [0.05, 0.1) is 12.8 Å². The highest BCUT2D eigenvalue weighted by Crippen LogP contribution is 2.30. The summed E-state index contributed by atoms with van der Waals surface area (Å²) in [4.78, 5) is 12.7. The molecule has 0 aliphatic carbocycles. The summed E-state index contributed by atoms with van der Waals surface area (Å²) < 4.78 is 34.9. The Labute approximate surface area is 163 Å². The van der Waals surface area contributed by atoms with Crippen molar-refractivity contribution in [1.82, 2.24) is 0 Å². The van der Waals surface area contributed by atoms with Crippen LogP contribution in [0.25, 0.3) is 0 Å². The Bertz CT molecular complexity index is 1090. The molecule has 0 fully saturated rings. The Morgan fingerprint density at radius 3 is 2.25 bits per heavy atom. The van der Waals surface area contributed by atoms with E-state index >= 15 is 0 Å². The fourth-order valence-corrected chi connectivity index (χ4v) is 3.43. The molecular weight excluding hydrogens is 378 g/mol. The van der Waals surface area contributed by atoms with E-state index in [2.05, 4.69) is 5.32 Å². The maximum absolute atomic E-state index is 12.7. The predicted octanol–water partition coefficient (Wildman–Crippen LogP) is 4.14. The summed E-state index contributed by atoms with van der Waals surface area (Å²) in [5, 5.41) is 2.76. The van der Waals surface area contributed by atoms with Crippen molar-refractivity contribution in [2.24, 2.45) is 0 Å². The molecule has 3 aromatic rings. The lowest BCUT2D eigenvalue weighted by Crippen LogP contribution is -2.13. The maximum Gasteiger partial charge on any atom is 0.255 e. The second kappa shape index (κ2) is 8.14. The van der Waals surface area contributed by atoms with Gasteiger partial charge < -0.3 is 14.8 Å². The monoisotopic (exact) mass is 397 g/mol. The molecule has 0 aliphatic heterocycles. The first-order valence-electron chi connectivity index (χ1n) is 8.40. The summed E-state index contributed by atoms with van der Waals surface area (Å²) in [5.74, 6) is 0.829. The predicted molar refractivity (Wildman–Crippen MR) is 107 cm³/mol. The van der Waals surface area contributed by atoms with Gasteiger partial charge >= 0.3 is 0 Å². The number of nitrogens with one attached hydrogen (secondary N) is 1. The number of hydrogen-bond acceptors (Lipinski definition) is 5. The zero-order valence-electron chi connectivity index (χ0n) is 15.4. The first-order valence-corrected chi connectivity index (χ1v) is 10.3. The van der Waals surface area contributed by atoms with Crippen LogP contribution >= 0.6 is 0 Å². The molecule has 0 saturated carbocycles. The molecule has 3 aromatic carbocycles. The quantitative estimate of drug-likeness (QED) is 0.676. The van der Waals surface area contributed by atoms with Crippen LogP contribution in [-0.4, -0.2) is 27.7 Å². The number of carbonyl (C=O) groups excluding carboxylic acids is 1. The van der Waals surface area contributed by atoms with E-state index in [4.69, 9.17) is 9.47 Å². The second-order valence-electron chi connectivity index (χ2n) is 6.00. The van der Waals surface area contributed by atoms with Crippen molar-refractivity contribution >= 4 is 21.4 Å². The molecule has 3 rings (SSSR count). The van der Waals surface area contributed by atoms with Gasteiger partial charge in [-0.05, 0) is 42.5 Å². The third-order valence-corrected chi connectivity index (χ3v) is 5.05. The smallest absolute Gasteiger partial charge is 0.255 e. The Hall–Kier alpha value is -3.32. The van der Waals surface area contributed by atoms with Crippen LogP contribution in [0.4, 0.5) is 5.69 Å². The molecule has 1 N–H and O–H groups in total. The topological polar surface area (TPSA) is 81.7 Å². The van der Waals surface area contributed by atoms with Crippen molar-refractivity contribution in [2.45, 2.75) is 4.90 Å². The molecule has 28 heavy (non-hydrogen) atoms. The Morgan fingerprint density at radius 1 is 0.893 bits per heavy atom. The molecule has 6 nitrogen and oxygen atoms in total. The van der Waals surface area contributed by atoms with Gasteiger partial charge in [0.25, 0.3) is 5.91 Å². The third kappa shape index (κ3) is 4.50. The molecule has 144 valence electrons. The van der Waals surface area contributed by atoms with Crippen LogP contribution in [0.15, 0.2) is 77.7 Å². The minimum Gasteiger partial charge on any atom is -0.495 e. The average Bonchev–Trinajstić information content (AvgIpc) is 2.69. The van der Waals surface area contributed by atoms with Gasteiger partial charge in [-0.2, -0.15) is 0 Å². The van der Waals surface area contributed by atoms with E-state index in [1.54, 1.807) is 36.4 Å². The van der Waals surface area contributed by atoms with Gasteiger partial charge in [-0.15, -0.1) is 0 Å². The lowest BCUT2D eigenvalue weighted by Gasteiger charge is -2.13.